The van der Waals surface area contributed by atoms with Crippen LogP contribution in [0.2, 0.25) is 0 Å². The standard InChI is InChI=1S/C17H23NO2/c19-17(20)14-6-10-16(11-7-14)18-15-8-4-13(5-9-15)12-2-1-3-12/h4-5,8-9,12,14,16,18H,1-3,6-7,10-11H2,(H,19,20). The van der Waals surface area contributed by atoms with Gasteiger partial charge in [0.2, 0.25) is 0 Å². The average Bonchev–Trinajstić information content (AvgIpc) is 2.39. The molecule has 0 unspecified atom stereocenters. The zero-order valence-corrected chi connectivity index (χ0v) is 11.8. The van der Waals surface area contributed by atoms with Crippen molar-refractivity contribution in [2.75, 3.05) is 5.32 Å². The van der Waals surface area contributed by atoms with Crippen molar-refractivity contribution in [2.24, 2.45) is 5.92 Å². The van der Waals surface area contributed by atoms with E-state index in [0.29, 0.717) is 6.04 Å². The fourth-order valence-corrected chi connectivity index (χ4v) is 3.31. The van der Waals surface area contributed by atoms with Crippen molar-refractivity contribution in [2.45, 2.75) is 56.9 Å². The number of carboxylic acid groups (broad SMARTS) is 1. The lowest BCUT2D eigenvalue weighted by atomic mass is 9.80. The molecule has 2 saturated carbocycles. The van der Waals surface area contributed by atoms with E-state index in [-0.39, 0.29) is 5.92 Å². The van der Waals surface area contributed by atoms with Crippen molar-refractivity contribution in [3.8, 4) is 0 Å². The number of hydrogen-bond acceptors (Lipinski definition) is 2. The number of rotatable bonds is 4. The summed E-state index contributed by atoms with van der Waals surface area (Å²) in [7, 11) is 0. The Balaban J connectivity index is 1.52. The number of anilines is 1. The van der Waals surface area contributed by atoms with Gasteiger partial charge in [-0.15, -0.1) is 0 Å². The van der Waals surface area contributed by atoms with Crippen molar-refractivity contribution < 1.29 is 9.90 Å². The Labute approximate surface area is 120 Å². The Bertz CT molecular complexity index is 456. The highest BCUT2D eigenvalue weighted by Gasteiger charge is 2.25. The first-order valence-corrected chi connectivity index (χ1v) is 7.81. The van der Waals surface area contributed by atoms with E-state index < -0.39 is 5.97 Å². The Morgan fingerprint density at radius 3 is 2.15 bits per heavy atom. The van der Waals surface area contributed by atoms with Gasteiger partial charge in [-0.3, -0.25) is 4.79 Å². The van der Waals surface area contributed by atoms with E-state index in [1.165, 1.54) is 30.5 Å². The lowest BCUT2D eigenvalue weighted by Crippen LogP contribution is -2.29. The van der Waals surface area contributed by atoms with E-state index in [0.717, 1.165) is 31.6 Å². The monoisotopic (exact) mass is 273 g/mol. The largest absolute Gasteiger partial charge is 0.481 e. The lowest BCUT2D eigenvalue weighted by molar-refractivity contribution is -0.142. The highest BCUT2D eigenvalue weighted by atomic mass is 16.4. The number of nitrogens with one attached hydrogen (secondary N) is 1. The van der Waals surface area contributed by atoms with Crippen LogP contribution in [0.1, 0.15) is 56.4 Å². The van der Waals surface area contributed by atoms with Gasteiger partial charge in [0.05, 0.1) is 5.92 Å². The third-order valence-corrected chi connectivity index (χ3v) is 4.93. The van der Waals surface area contributed by atoms with Gasteiger partial charge in [0.25, 0.3) is 0 Å². The SMILES string of the molecule is O=C(O)C1CCC(Nc2ccc(C3CCC3)cc2)CC1. The molecule has 2 aliphatic rings. The number of carbonyl (C=O) groups is 1. The third kappa shape index (κ3) is 2.97. The molecule has 0 spiro atoms. The predicted molar refractivity (Wildman–Crippen MR) is 80.0 cm³/mol. The molecule has 0 radical (unpaired) electrons. The van der Waals surface area contributed by atoms with E-state index in [2.05, 4.69) is 29.6 Å². The van der Waals surface area contributed by atoms with Crippen LogP contribution in [0, 0.1) is 5.92 Å². The number of carboxylic acids is 1. The van der Waals surface area contributed by atoms with Gasteiger partial charge >= 0.3 is 5.97 Å². The Morgan fingerprint density at radius 1 is 1.00 bits per heavy atom. The Kier molecular flexibility index (Phi) is 3.95. The summed E-state index contributed by atoms with van der Waals surface area (Å²) < 4.78 is 0. The number of hydrogen-bond donors (Lipinski definition) is 2. The van der Waals surface area contributed by atoms with Crippen molar-refractivity contribution in [3.63, 3.8) is 0 Å². The summed E-state index contributed by atoms with van der Waals surface area (Å²) in [4.78, 5) is 10.9. The van der Waals surface area contributed by atoms with Crippen LogP contribution in [0.4, 0.5) is 5.69 Å². The van der Waals surface area contributed by atoms with Gasteiger partial charge in [-0.05, 0) is 62.1 Å². The van der Waals surface area contributed by atoms with E-state index in [1.807, 2.05) is 0 Å². The maximum Gasteiger partial charge on any atom is 0.306 e. The van der Waals surface area contributed by atoms with E-state index in [9.17, 15) is 4.79 Å². The second-order valence-corrected chi connectivity index (χ2v) is 6.28. The summed E-state index contributed by atoms with van der Waals surface area (Å²) >= 11 is 0. The molecule has 0 amide bonds. The summed E-state index contributed by atoms with van der Waals surface area (Å²) in [6, 6.07) is 9.28. The van der Waals surface area contributed by atoms with Gasteiger partial charge in [0, 0.05) is 11.7 Å². The zero-order chi connectivity index (χ0) is 13.9. The van der Waals surface area contributed by atoms with Crippen LogP contribution >= 0.6 is 0 Å². The average molecular weight is 273 g/mol. The van der Waals surface area contributed by atoms with Gasteiger partial charge in [-0.2, -0.15) is 0 Å². The molecule has 0 saturated heterocycles. The van der Waals surface area contributed by atoms with Crippen LogP contribution in [0.25, 0.3) is 0 Å². The topological polar surface area (TPSA) is 49.3 Å². The zero-order valence-electron chi connectivity index (χ0n) is 11.8. The minimum atomic E-state index is -0.631. The minimum Gasteiger partial charge on any atom is -0.481 e. The maximum atomic E-state index is 10.9. The molecule has 2 fully saturated rings. The van der Waals surface area contributed by atoms with Crippen LogP contribution in [-0.2, 0) is 4.79 Å². The van der Waals surface area contributed by atoms with E-state index in [1.54, 1.807) is 0 Å². The molecule has 0 aliphatic heterocycles. The first kappa shape index (κ1) is 13.5. The highest BCUT2D eigenvalue weighted by Crippen LogP contribution is 2.36. The van der Waals surface area contributed by atoms with E-state index in [4.69, 9.17) is 5.11 Å². The van der Waals surface area contributed by atoms with Gasteiger partial charge in [-0.1, -0.05) is 18.6 Å². The number of aliphatic carboxylic acids is 1. The Morgan fingerprint density at radius 2 is 1.65 bits per heavy atom. The molecule has 1 aromatic rings. The van der Waals surface area contributed by atoms with Crippen molar-refractivity contribution in [1.29, 1.82) is 0 Å². The van der Waals surface area contributed by atoms with Crippen molar-refractivity contribution in [1.82, 2.24) is 0 Å². The van der Waals surface area contributed by atoms with Crippen LogP contribution < -0.4 is 5.32 Å². The van der Waals surface area contributed by atoms with Gasteiger partial charge in [0.1, 0.15) is 0 Å². The molecule has 0 heterocycles. The summed E-state index contributed by atoms with van der Waals surface area (Å²) in [5.74, 6) is 0.0254. The van der Waals surface area contributed by atoms with Gasteiger partial charge in [-0.25, -0.2) is 0 Å². The molecule has 2 aliphatic carbocycles. The smallest absolute Gasteiger partial charge is 0.306 e. The van der Waals surface area contributed by atoms with Crippen LogP contribution in [-0.4, -0.2) is 17.1 Å². The molecule has 1 aromatic carbocycles. The minimum absolute atomic E-state index is 0.131. The maximum absolute atomic E-state index is 10.9. The summed E-state index contributed by atoms with van der Waals surface area (Å²) in [6.07, 6.45) is 7.57. The second-order valence-electron chi connectivity index (χ2n) is 6.28. The molecule has 108 valence electrons. The Hall–Kier alpha value is -1.51. The molecule has 20 heavy (non-hydrogen) atoms. The normalized spacial score (nSPS) is 26.8. The van der Waals surface area contributed by atoms with Gasteiger partial charge < -0.3 is 10.4 Å². The highest BCUT2D eigenvalue weighted by molar-refractivity contribution is 5.70. The lowest BCUT2D eigenvalue weighted by Gasteiger charge is -2.28. The quantitative estimate of drug-likeness (QED) is 0.871. The molecule has 3 rings (SSSR count). The second kappa shape index (κ2) is 5.86. The van der Waals surface area contributed by atoms with Crippen LogP contribution in [0.3, 0.4) is 0 Å². The van der Waals surface area contributed by atoms with Crippen LogP contribution in [0.15, 0.2) is 24.3 Å². The number of benzene rings is 1. The molecular weight excluding hydrogens is 250 g/mol. The summed E-state index contributed by atoms with van der Waals surface area (Å²) in [5, 5.41) is 12.6. The van der Waals surface area contributed by atoms with Crippen LogP contribution in [0.5, 0.6) is 0 Å². The summed E-state index contributed by atoms with van der Waals surface area (Å²) in [6.45, 7) is 0. The molecular formula is C17H23NO2. The first-order chi connectivity index (χ1) is 9.72. The molecule has 0 atom stereocenters. The fourth-order valence-electron chi connectivity index (χ4n) is 3.31. The van der Waals surface area contributed by atoms with Crippen molar-refractivity contribution >= 4 is 11.7 Å². The van der Waals surface area contributed by atoms with E-state index >= 15 is 0 Å². The molecule has 3 nitrogen and oxygen atoms in total. The third-order valence-electron chi connectivity index (χ3n) is 4.93. The predicted octanol–water partition coefficient (Wildman–Crippen LogP) is 4.01. The molecule has 2 N–H and O–H groups in total. The summed E-state index contributed by atoms with van der Waals surface area (Å²) in [5.41, 5.74) is 2.64. The molecule has 3 heteroatoms. The molecule has 0 bridgehead atoms. The molecule has 0 aromatic heterocycles. The fraction of sp³-hybridized carbons (Fsp3) is 0.588. The van der Waals surface area contributed by atoms with Gasteiger partial charge in [0.15, 0.2) is 0 Å². The first-order valence-electron chi connectivity index (χ1n) is 7.81. The van der Waals surface area contributed by atoms with Crippen molar-refractivity contribution in [3.05, 3.63) is 29.8 Å².